The van der Waals surface area contributed by atoms with Crippen molar-refractivity contribution in [1.29, 1.82) is 0 Å². The second-order valence-corrected chi connectivity index (χ2v) is 28.4. The van der Waals surface area contributed by atoms with Crippen molar-refractivity contribution < 1.29 is 140 Å². The number of ketones is 1. The second-order valence-electron chi connectivity index (χ2n) is 27.4. The van der Waals surface area contributed by atoms with Gasteiger partial charge < -0.3 is 113 Å². The largest absolute Gasteiger partial charge is 0.458 e. The van der Waals surface area contributed by atoms with Crippen molar-refractivity contribution in [2.24, 2.45) is 39.9 Å². The van der Waals surface area contributed by atoms with Gasteiger partial charge in [0.2, 0.25) is 0 Å². The summed E-state index contributed by atoms with van der Waals surface area (Å²) in [5, 5.41) is 121. The summed E-state index contributed by atoms with van der Waals surface area (Å²) in [7, 11) is -4.05. The van der Waals surface area contributed by atoms with Crippen molar-refractivity contribution >= 4 is 22.2 Å². The van der Waals surface area contributed by atoms with E-state index in [1.54, 1.807) is 0 Å². The number of ether oxygens (including phenoxy) is 12. The minimum atomic E-state index is -5.26. The van der Waals surface area contributed by atoms with Crippen LogP contribution >= 0.6 is 0 Å². The number of methoxy groups -OCH3 is 1. The van der Waals surface area contributed by atoms with Crippen LogP contribution < -0.4 is 0 Å². The normalized spacial score (nSPS) is 49.9. The van der Waals surface area contributed by atoms with Gasteiger partial charge in [-0.2, -0.15) is 8.42 Å². The molecule has 0 amide bonds. The Bertz CT molecular complexity index is 2670. The fraction of sp³-hybridized carbons (Fsp3) is 0.898. The molecule has 508 valence electrons. The zero-order valence-corrected chi connectivity index (χ0v) is 51.9. The molecule has 29 nitrogen and oxygen atoms in total. The molecule has 30 heteroatoms. The number of carbonyl (C=O) groups is 2. The van der Waals surface area contributed by atoms with Crippen molar-refractivity contribution in [3.05, 3.63) is 23.8 Å². The molecule has 6 saturated heterocycles. The lowest BCUT2D eigenvalue weighted by molar-refractivity contribution is -0.399. The molecule has 89 heavy (non-hydrogen) atoms. The van der Waals surface area contributed by atoms with Crippen molar-refractivity contribution in [3.8, 4) is 0 Å². The van der Waals surface area contributed by atoms with Gasteiger partial charge in [-0.15, -0.1) is 6.58 Å². The highest BCUT2D eigenvalue weighted by Crippen LogP contribution is 2.71. The summed E-state index contributed by atoms with van der Waals surface area (Å²) in [4.78, 5) is 28.5. The SMILES string of the molecule is C=C(C)CCCC1(C)OC(=O)C23CCC4C(=CCC5C(C)(C)C(OC6OC[C@@H](OS(=O)(=O)O)[C@H](O)[C@H]6O[C@@H]6OC(C)[C@@H](O[C@@H]7O[C@H](CO)[C@@H](O)[C@H](OC[C@@H]8O[C@H](CO)[C@@H](O)[C@H](OC)[C@H]8O)[C@H]7O)C(O)[C@H]6O[C@@H]6OC[C@@H](O)[C@H](O)[C@H]6O)CCC45C)C2CC(=O)C13. The number of aliphatic hydroxyl groups excluding tert-OH is 11. The Morgan fingerprint density at radius 2 is 1.34 bits per heavy atom. The zero-order chi connectivity index (χ0) is 64.8. The van der Waals surface area contributed by atoms with Gasteiger partial charge in [0.15, 0.2) is 25.2 Å². The molecule has 12 N–H and O–H groups in total. The van der Waals surface area contributed by atoms with Gasteiger partial charge in [-0.1, -0.05) is 38.0 Å². The highest BCUT2D eigenvalue weighted by molar-refractivity contribution is 7.80. The Labute approximate surface area is 516 Å². The van der Waals surface area contributed by atoms with E-state index in [9.17, 15) is 78.7 Å². The lowest BCUT2D eigenvalue weighted by Crippen LogP contribution is -2.67. The minimum Gasteiger partial charge on any atom is -0.458 e. The quantitative estimate of drug-likeness (QED) is 0.0347. The first-order valence-electron chi connectivity index (χ1n) is 30.9. The fourth-order valence-electron chi connectivity index (χ4n) is 17.0. The molecule has 31 atom stereocenters. The number of fused-ring (bicyclic) bond motifs is 4. The number of cyclic esters (lactones) is 1. The Morgan fingerprint density at radius 3 is 2.01 bits per heavy atom. The zero-order valence-electron chi connectivity index (χ0n) is 51.1. The van der Waals surface area contributed by atoms with E-state index >= 15 is 0 Å². The van der Waals surface area contributed by atoms with Gasteiger partial charge in [0.1, 0.15) is 121 Å². The molecular formula is C59H92O29S. The van der Waals surface area contributed by atoms with Crippen LogP contribution in [0.1, 0.15) is 99.3 Å². The van der Waals surface area contributed by atoms with Gasteiger partial charge in [0, 0.05) is 19.4 Å². The molecule has 0 aromatic rings. The minimum absolute atomic E-state index is 0.0100. The van der Waals surface area contributed by atoms with E-state index in [0.717, 1.165) is 24.0 Å². The Hall–Kier alpha value is -2.39. The van der Waals surface area contributed by atoms with Gasteiger partial charge in [-0.25, -0.2) is 4.18 Å². The van der Waals surface area contributed by atoms with E-state index in [-0.39, 0.29) is 41.3 Å². The maximum atomic E-state index is 14.3. The topological polar surface area (TPSA) is 431 Å². The number of hydrogen-bond acceptors (Lipinski definition) is 28. The predicted molar refractivity (Wildman–Crippen MR) is 298 cm³/mol. The number of Topliss-reactive ketones (excluding diaryl/α,β-unsaturated/α-hetero) is 1. The van der Waals surface area contributed by atoms with Crippen molar-refractivity contribution in [1.82, 2.24) is 0 Å². The summed E-state index contributed by atoms with van der Waals surface area (Å²) in [6.07, 6.45) is -32.5. The number of esters is 1. The first-order valence-corrected chi connectivity index (χ1v) is 32.3. The van der Waals surface area contributed by atoms with Crippen LogP contribution in [0.5, 0.6) is 0 Å². The van der Waals surface area contributed by atoms with Crippen molar-refractivity contribution in [2.75, 3.05) is 40.1 Å². The Balaban J connectivity index is 0.891. The third-order valence-corrected chi connectivity index (χ3v) is 22.0. The van der Waals surface area contributed by atoms with Crippen LogP contribution in [0.3, 0.4) is 0 Å². The molecular weight excluding hydrogens is 1200 g/mol. The summed E-state index contributed by atoms with van der Waals surface area (Å²) in [5.74, 6) is -1.17. The molecule has 6 aliphatic heterocycles. The molecule has 0 aromatic heterocycles. The molecule has 0 bridgehead atoms. The summed E-state index contributed by atoms with van der Waals surface area (Å²) < 4.78 is 112. The van der Waals surface area contributed by atoms with Crippen molar-refractivity contribution in [3.63, 3.8) is 0 Å². The summed E-state index contributed by atoms with van der Waals surface area (Å²) in [5.41, 5.74) is -0.792. The van der Waals surface area contributed by atoms with E-state index < -0.39 is 213 Å². The third-order valence-electron chi connectivity index (χ3n) is 21.5. The standard InChI is InChI=1S/C59H92O29S/c1-24(2)10-9-15-58(7)50-29(62)18-28-26-11-12-35-56(4,5)36(14-16-57(35,6)27(26)13-17-59(28,50)55(72)87-58)83-53-48(41(68)34(23-79-53)88-89(73,74)75)86-54-49(85-51-42(69)37(64)30(63)21-78-51)43(70)45(25(3)80-54)84-52-44(71)47(39(66)32(20-61)82-52)77-22-33-40(67)46(76-8)38(65)31(19-60)81-33/h11,25,27-28,30-54,60-61,63-71H,1,9-10,12-23H2,2-8H3,(H,73,74,75)/t25?,27?,28?,30-,31-,32-,33+,34-,35?,36?,37+,38-,39-,40+,41+,42-,43?,44-,45-,46+,47+,48-,49-,50?,51+,52+,53?,54+,57?,58?,59?/m1/s1. The van der Waals surface area contributed by atoms with Crippen LogP contribution in [0.15, 0.2) is 23.8 Å². The molecule has 9 fully saturated rings. The van der Waals surface area contributed by atoms with E-state index in [0.29, 0.717) is 38.5 Å². The van der Waals surface area contributed by atoms with E-state index in [4.69, 9.17) is 61.0 Å². The number of hydrogen-bond donors (Lipinski definition) is 12. The molecule has 6 heterocycles. The average molecular weight is 1300 g/mol. The molecule has 1 spiro atoms. The molecule has 0 aromatic carbocycles. The van der Waals surface area contributed by atoms with Gasteiger partial charge >= 0.3 is 16.4 Å². The first-order chi connectivity index (χ1) is 41.8. The van der Waals surface area contributed by atoms with Crippen LogP contribution in [-0.2, 0) is 81.0 Å². The van der Waals surface area contributed by atoms with Crippen molar-refractivity contribution in [2.45, 2.75) is 252 Å². The third kappa shape index (κ3) is 12.8. The van der Waals surface area contributed by atoms with E-state index in [2.05, 4.69) is 19.6 Å². The van der Waals surface area contributed by atoms with Crippen LogP contribution in [-0.4, -0.2) is 274 Å². The molecule has 10 rings (SSSR count). The fourth-order valence-corrected chi connectivity index (χ4v) is 17.5. The van der Waals surface area contributed by atoms with Gasteiger partial charge in [-0.3, -0.25) is 14.1 Å². The Kier molecular flexibility index (Phi) is 20.8. The van der Waals surface area contributed by atoms with Crippen LogP contribution in [0.2, 0.25) is 0 Å². The average Bonchev–Trinajstić information content (AvgIpc) is 1.64. The van der Waals surface area contributed by atoms with Crippen LogP contribution in [0, 0.1) is 39.9 Å². The summed E-state index contributed by atoms with van der Waals surface area (Å²) >= 11 is 0. The predicted octanol–water partition coefficient (Wildman–Crippen LogP) is -2.27. The molecule has 3 saturated carbocycles. The van der Waals surface area contributed by atoms with E-state index in [1.807, 2.05) is 27.7 Å². The number of carbonyl (C=O) groups excluding carboxylic acids is 2. The first kappa shape index (κ1) is 69.4. The molecule has 11 unspecified atom stereocenters. The van der Waals surface area contributed by atoms with Crippen LogP contribution in [0.4, 0.5) is 0 Å². The lowest BCUT2D eigenvalue weighted by Gasteiger charge is -2.62. The number of allylic oxidation sites excluding steroid dienone is 3. The summed E-state index contributed by atoms with van der Waals surface area (Å²) in [6, 6.07) is 0. The monoisotopic (exact) mass is 1300 g/mol. The number of rotatable bonds is 20. The molecule has 4 aliphatic carbocycles. The van der Waals surface area contributed by atoms with E-state index in [1.165, 1.54) is 14.0 Å². The smallest absolute Gasteiger partial charge is 0.397 e. The Morgan fingerprint density at radius 1 is 0.697 bits per heavy atom. The van der Waals surface area contributed by atoms with Gasteiger partial charge in [0.25, 0.3) is 0 Å². The highest BCUT2D eigenvalue weighted by atomic mass is 32.3. The molecule has 0 radical (unpaired) electrons. The summed E-state index contributed by atoms with van der Waals surface area (Å²) in [6.45, 7) is 12.2. The lowest BCUT2D eigenvalue weighted by atomic mass is 9.43. The maximum absolute atomic E-state index is 14.3. The van der Waals surface area contributed by atoms with Crippen LogP contribution in [0.25, 0.3) is 0 Å². The molecule has 10 aliphatic rings. The second kappa shape index (κ2) is 26.7. The van der Waals surface area contributed by atoms with Gasteiger partial charge in [-0.05, 0) is 94.8 Å². The number of aliphatic hydroxyl groups is 11. The highest BCUT2D eigenvalue weighted by Gasteiger charge is 2.75. The maximum Gasteiger partial charge on any atom is 0.397 e. The van der Waals surface area contributed by atoms with Gasteiger partial charge in [0.05, 0.1) is 56.6 Å².